The summed E-state index contributed by atoms with van der Waals surface area (Å²) in [6, 6.07) is -0.799. The molecule has 5 nitrogen and oxygen atoms in total. The molecule has 0 aromatic carbocycles. The van der Waals surface area contributed by atoms with Crippen molar-refractivity contribution in [1.29, 1.82) is 0 Å². The highest BCUT2D eigenvalue weighted by Crippen LogP contribution is 2.15. The minimum Gasteiger partial charge on any atom is -0.394 e. The highest BCUT2D eigenvalue weighted by molar-refractivity contribution is 5.80. The predicted octanol–water partition coefficient (Wildman–Crippen LogP) is 11.0. The number of nitrogens with one attached hydrogen (secondary N) is 1. The van der Waals surface area contributed by atoms with Crippen molar-refractivity contribution in [2.75, 3.05) is 6.61 Å². The van der Waals surface area contributed by atoms with Gasteiger partial charge in [0.15, 0.2) is 0 Å². The quantitative estimate of drug-likeness (QED) is 0.0401. The van der Waals surface area contributed by atoms with Gasteiger partial charge in [-0.1, -0.05) is 186 Å². The van der Waals surface area contributed by atoms with Crippen molar-refractivity contribution in [1.82, 2.24) is 5.32 Å². The monoisotopic (exact) mass is 650 g/mol. The number of carbonyl (C=O) groups excluding carboxylic acids is 1. The summed E-state index contributed by atoms with van der Waals surface area (Å²) in [6.07, 6.45) is 43.5. The topological polar surface area (TPSA) is 89.8 Å². The summed E-state index contributed by atoms with van der Waals surface area (Å²) in [7, 11) is 0. The van der Waals surface area contributed by atoms with Crippen LogP contribution in [0, 0.1) is 0 Å². The third-order valence-corrected chi connectivity index (χ3v) is 9.29. The van der Waals surface area contributed by atoms with Crippen LogP contribution in [-0.2, 0) is 4.79 Å². The van der Waals surface area contributed by atoms with Gasteiger partial charge < -0.3 is 20.6 Å². The third-order valence-electron chi connectivity index (χ3n) is 9.29. The van der Waals surface area contributed by atoms with Crippen LogP contribution in [-0.4, -0.2) is 46.1 Å². The zero-order chi connectivity index (χ0) is 33.8. The van der Waals surface area contributed by atoms with Crippen molar-refractivity contribution in [3.05, 3.63) is 24.3 Å². The van der Waals surface area contributed by atoms with Crippen LogP contribution in [0.4, 0.5) is 0 Å². The molecule has 0 aliphatic carbocycles. The Morgan fingerprint density at radius 3 is 1.30 bits per heavy atom. The first-order valence-corrected chi connectivity index (χ1v) is 20.2. The second kappa shape index (κ2) is 36.7. The molecule has 0 aliphatic heterocycles. The van der Waals surface area contributed by atoms with E-state index in [-0.39, 0.29) is 6.61 Å². The third kappa shape index (κ3) is 31.4. The maximum atomic E-state index is 12.4. The van der Waals surface area contributed by atoms with Gasteiger partial charge in [0.05, 0.1) is 18.8 Å². The normalized spacial score (nSPS) is 13.9. The lowest BCUT2D eigenvalue weighted by Crippen LogP contribution is -2.48. The number of hydrogen-bond acceptors (Lipinski definition) is 4. The number of hydrogen-bond donors (Lipinski definition) is 4. The average Bonchev–Trinajstić information content (AvgIpc) is 3.06. The van der Waals surface area contributed by atoms with Gasteiger partial charge in [-0.25, -0.2) is 0 Å². The standard InChI is InChI=1S/C41H79NO4/c1-3-5-7-9-11-13-15-16-17-18-19-20-21-22-23-24-26-27-29-31-33-35-39(44)38(37-43)42-41(46)40(45)36-34-32-30-28-25-14-12-10-8-6-4-2/h12,14,33,35,38-40,43-45H,3-11,13,15-32,34,36-37H2,1-2H3,(H,42,46)/b14-12-,35-33+. The summed E-state index contributed by atoms with van der Waals surface area (Å²) in [5.41, 5.74) is 0. The minimum atomic E-state index is -1.10. The Labute approximate surface area is 286 Å². The summed E-state index contributed by atoms with van der Waals surface area (Å²) >= 11 is 0. The van der Waals surface area contributed by atoms with E-state index in [2.05, 4.69) is 31.3 Å². The van der Waals surface area contributed by atoms with Crippen molar-refractivity contribution in [2.24, 2.45) is 0 Å². The lowest BCUT2D eigenvalue weighted by atomic mass is 10.0. The van der Waals surface area contributed by atoms with Crippen LogP contribution >= 0.6 is 0 Å². The largest absolute Gasteiger partial charge is 0.394 e. The minimum absolute atomic E-state index is 0.366. The highest BCUT2D eigenvalue weighted by atomic mass is 16.3. The molecule has 3 unspecified atom stereocenters. The van der Waals surface area contributed by atoms with Crippen LogP contribution in [0.25, 0.3) is 0 Å². The van der Waals surface area contributed by atoms with Crippen molar-refractivity contribution in [2.45, 2.75) is 225 Å². The second-order valence-corrected chi connectivity index (χ2v) is 13.8. The van der Waals surface area contributed by atoms with Gasteiger partial charge >= 0.3 is 0 Å². The van der Waals surface area contributed by atoms with E-state index in [1.807, 2.05) is 6.08 Å². The van der Waals surface area contributed by atoms with Gasteiger partial charge in [0.25, 0.3) is 0 Å². The van der Waals surface area contributed by atoms with Gasteiger partial charge in [-0.15, -0.1) is 0 Å². The van der Waals surface area contributed by atoms with Gasteiger partial charge in [0, 0.05) is 0 Å². The van der Waals surface area contributed by atoms with Crippen LogP contribution < -0.4 is 5.32 Å². The molecular weight excluding hydrogens is 570 g/mol. The summed E-state index contributed by atoms with van der Waals surface area (Å²) in [6.45, 7) is 4.14. The first-order valence-electron chi connectivity index (χ1n) is 20.2. The Kier molecular flexibility index (Phi) is 35.7. The zero-order valence-electron chi connectivity index (χ0n) is 30.7. The summed E-state index contributed by atoms with van der Waals surface area (Å²) in [4.78, 5) is 12.4. The summed E-state index contributed by atoms with van der Waals surface area (Å²) in [5.74, 6) is -0.514. The molecule has 272 valence electrons. The molecule has 0 spiro atoms. The van der Waals surface area contributed by atoms with Crippen molar-refractivity contribution >= 4 is 5.91 Å². The van der Waals surface area contributed by atoms with Gasteiger partial charge in [0.1, 0.15) is 6.10 Å². The Hall–Kier alpha value is -1.17. The Morgan fingerprint density at radius 2 is 0.870 bits per heavy atom. The number of carbonyl (C=O) groups is 1. The van der Waals surface area contributed by atoms with E-state index in [4.69, 9.17) is 0 Å². The Morgan fingerprint density at radius 1 is 0.522 bits per heavy atom. The molecule has 0 heterocycles. The molecule has 1 amide bonds. The maximum Gasteiger partial charge on any atom is 0.249 e. The number of amides is 1. The van der Waals surface area contributed by atoms with Crippen molar-refractivity contribution in [3.8, 4) is 0 Å². The van der Waals surface area contributed by atoms with E-state index in [1.165, 1.54) is 141 Å². The first kappa shape index (κ1) is 44.8. The molecular formula is C41H79NO4. The molecule has 0 aliphatic rings. The smallest absolute Gasteiger partial charge is 0.249 e. The first-order chi connectivity index (χ1) is 22.6. The molecule has 0 saturated heterocycles. The number of rotatable bonds is 36. The summed E-state index contributed by atoms with van der Waals surface area (Å²) in [5, 5.41) is 33.0. The average molecular weight is 650 g/mol. The Bertz CT molecular complexity index is 679. The molecule has 0 radical (unpaired) electrons. The van der Waals surface area contributed by atoms with Crippen LogP contribution in [0.2, 0.25) is 0 Å². The lowest BCUT2D eigenvalue weighted by Gasteiger charge is -2.21. The SMILES string of the molecule is CCCCC/C=C\CCCCCCC(O)C(=O)NC(CO)C(O)/C=C/CCCCCCCCCCCCCCCCCCCCC. The van der Waals surface area contributed by atoms with E-state index in [0.717, 1.165) is 44.9 Å². The van der Waals surface area contributed by atoms with E-state index < -0.39 is 24.2 Å². The number of aliphatic hydroxyl groups is 3. The van der Waals surface area contributed by atoms with Crippen LogP contribution in [0.3, 0.4) is 0 Å². The van der Waals surface area contributed by atoms with Gasteiger partial charge in [-0.05, 0) is 44.9 Å². The molecule has 0 aromatic heterocycles. The van der Waals surface area contributed by atoms with Crippen LogP contribution in [0.1, 0.15) is 206 Å². The van der Waals surface area contributed by atoms with Crippen molar-refractivity contribution in [3.63, 3.8) is 0 Å². The molecule has 0 fully saturated rings. The number of unbranched alkanes of at least 4 members (excludes halogenated alkanes) is 26. The molecule has 46 heavy (non-hydrogen) atoms. The summed E-state index contributed by atoms with van der Waals surface area (Å²) < 4.78 is 0. The molecule has 5 heteroatoms. The highest BCUT2D eigenvalue weighted by Gasteiger charge is 2.22. The fraction of sp³-hybridized carbons (Fsp3) is 0.878. The van der Waals surface area contributed by atoms with E-state index in [9.17, 15) is 20.1 Å². The fourth-order valence-corrected chi connectivity index (χ4v) is 6.06. The van der Waals surface area contributed by atoms with Gasteiger partial charge in [-0.2, -0.15) is 0 Å². The van der Waals surface area contributed by atoms with Gasteiger partial charge in [-0.3, -0.25) is 4.79 Å². The molecule has 0 bridgehead atoms. The zero-order valence-corrected chi connectivity index (χ0v) is 30.7. The Balaban J connectivity index is 3.67. The fourth-order valence-electron chi connectivity index (χ4n) is 6.06. The van der Waals surface area contributed by atoms with Crippen LogP contribution in [0.15, 0.2) is 24.3 Å². The number of aliphatic hydroxyl groups excluding tert-OH is 3. The molecule has 0 saturated carbocycles. The van der Waals surface area contributed by atoms with E-state index in [0.29, 0.717) is 6.42 Å². The predicted molar refractivity (Wildman–Crippen MR) is 199 cm³/mol. The maximum absolute atomic E-state index is 12.4. The second-order valence-electron chi connectivity index (χ2n) is 13.8. The van der Waals surface area contributed by atoms with E-state index >= 15 is 0 Å². The molecule has 3 atom stereocenters. The van der Waals surface area contributed by atoms with Gasteiger partial charge in [0.2, 0.25) is 5.91 Å². The van der Waals surface area contributed by atoms with E-state index in [1.54, 1.807) is 6.08 Å². The lowest BCUT2D eigenvalue weighted by molar-refractivity contribution is -0.131. The number of allylic oxidation sites excluding steroid dienone is 3. The van der Waals surface area contributed by atoms with Crippen molar-refractivity contribution < 1.29 is 20.1 Å². The molecule has 4 N–H and O–H groups in total. The molecule has 0 rings (SSSR count). The van der Waals surface area contributed by atoms with Crippen LogP contribution in [0.5, 0.6) is 0 Å². The molecule has 0 aromatic rings.